The quantitative estimate of drug-likeness (QED) is 0.419. The van der Waals surface area contributed by atoms with Crippen molar-refractivity contribution in [2.75, 3.05) is 11.9 Å². The zero-order chi connectivity index (χ0) is 21.3. The molecule has 0 aliphatic heterocycles. The number of ketones is 1. The Bertz CT molecular complexity index is 1130. The van der Waals surface area contributed by atoms with E-state index in [1.54, 1.807) is 0 Å². The molecular formula is C20H13F4NO3S. The number of halogens is 4. The van der Waals surface area contributed by atoms with Gasteiger partial charge in [0.1, 0.15) is 10.6 Å². The molecule has 0 radical (unpaired) electrons. The number of aryl methyl sites for hydroxylation is 1. The predicted octanol–water partition coefficient (Wildman–Crippen LogP) is 5.27. The second-order valence-electron chi connectivity index (χ2n) is 6.12. The van der Waals surface area contributed by atoms with E-state index < -0.39 is 41.6 Å². The number of carbonyl (C=O) groups is 2. The maximum atomic E-state index is 14.3. The van der Waals surface area contributed by atoms with E-state index in [1.165, 1.54) is 24.4 Å². The molecule has 0 aliphatic rings. The third-order valence-corrected chi connectivity index (χ3v) is 5.16. The largest absolute Gasteiger partial charge is 0.478 e. The summed E-state index contributed by atoms with van der Waals surface area (Å²) in [6.07, 6.45) is 0. The highest BCUT2D eigenvalue weighted by molar-refractivity contribution is 7.15. The molecule has 0 saturated heterocycles. The van der Waals surface area contributed by atoms with Crippen molar-refractivity contribution in [2.24, 2.45) is 0 Å². The van der Waals surface area contributed by atoms with Gasteiger partial charge >= 0.3 is 5.97 Å². The fourth-order valence-corrected chi connectivity index (χ4v) is 3.64. The lowest BCUT2D eigenvalue weighted by atomic mass is 10.0. The molecule has 0 fully saturated rings. The van der Waals surface area contributed by atoms with E-state index in [2.05, 4.69) is 5.32 Å². The summed E-state index contributed by atoms with van der Waals surface area (Å²) in [6, 6.07) is 5.25. The number of Topliss-reactive ketones (excluding diaryl/α,β-unsaturated/α-hetero) is 1. The van der Waals surface area contributed by atoms with Gasteiger partial charge in [-0.3, -0.25) is 4.79 Å². The average Bonchev–Trinajstić information content (AvgIpc) is 3.10. The SMILES string of the molecule is Cc1ccc(-c2csc(NCC(=O)c3ccc(F)c(F)c3)c2C(=O)O)c(F)c1F. The van der Waals surface area contributed by atoms with E-state index in [0.717, 1.165) is 29.5 Å². The number of nitrogens with one attached hydrogen (secondary N) is 1. The second kappa shape index (κ2) is 8.04. The van der Waals surface area contributed by atoms with Crippen LogP contribution in [0.15, 0.2) is 35.7 Å². The van der Waals surface area contributed by atoms with E-state index >= 15 is 0 Å². The Morgan fingerprint density at radius 2 is 1.72 bits per heavy atom. The summed E-state index contributed by atoms with van der Waals surface area (Å²) < 4.78 is 54.4. The number of benzene rings is 2. The molecule has 0 unspecified atom stereocenters. The molecule has 3 rings (SSSR count). The van der Waals surface area contributed by atoms with Gasteiger partial charge in [-0.25, -0.2) is 22.4 Å². The molecule has 9 heteroatoms. The molecule has 0 saturated carbocycles. The van der Waals surface area contributed by atoms with Gasteiger partial charge < -0.3 is 10.4 Å². The van der Waals surface area contributed by atoms with Gasteiger partial charge in [0.05, 0.1) is 6.54 Å². The highest BCUT2D eigenvalue weighted by atomic mass is 32.1. The number of carbonyl (C=O) groups excluding carboxylic acids is 1. The minimum Gasteiger partial charge on any atom is -0.478 e. The zero-order valence-corrected chi connectivity index (χ0v) is 15.7. The van der Waals surface area contributed by atoms with Crippen LogP contribution >= 0.6 is 11.3 Å². The van der Waals surface area contributed by atoms with E-state index in [4.69, 9.17) is 0 Å². The first-order valence-corrected chi connectivity index (χ1v) is 9.10. The molecular weight excluding hydrogens is 410 g/mol. The van der Waals surface area contributed by atoms with Gasteiger partial charge in [0.15, 0.2) is 29.1 Å². The van der Waals surface area contributed by atoms with Gasteiger partial charge in [0, 0.05) is 22.1 Å². The van der Waals surface area contributed by atoms with Crippen LogP contribution in [-0.4, -0.2) is 23.4 Å². The fourth-order valence-electron chi connectivity index (χ4n) is 2.68. The minimum absolute atomic E-state index is 0.0401. The van der Waals surface area contributed by atoms with Crippen LogP contribution in [0.4, 0.5) is 22.6 Å². The second-order valence-corrected chi connectivity index (χ2v) is 7.00. The number of hydrogen-bond donors (Lipinski definition) is 2. The van der Waals surface area contributed by atoms with Crippen molar-refractivity contribution in [3.05, 3.63) is 75.7 Å². The van der Waals surface area contributed by atoms with Crippen molar-refractivity contribution in [1.29, 1.82) is 0 Å². The molecule has 0 aliphatic carbocycles. The van der Waals surface area contributed by atoms with Crippen molar-refractivity contribution in [3.8, 4) is 11.1 Å². The van der Waals surface area contributed by atoms with Gasteiger partial charge in [-0.15, -0.1) is 11.3 Å². The zero-order valence-electron chi connectivity index (χ0n) is 14.9. The Balaban J connectivity index is 1.90. The Hall–Kier alpha value is -3.20. The summed E-state index contributed by atoms with van der Waals surface area (Å²) in [5.41, 5.74) is -0.607. The predicted molar refractivity (Wildman–Crippen MR) is 101 cm³/mol. The van der Waals surface area contributed by atoms with Crippen LogP contribution < -0.4 is 5.32 Å². The summed E-state index contributed by atoms with van der Waals surface area (Å²) in [5.74, 6) is -6.54. The molecule has 2 aromatic carbocycles. The molecule has 1 aromatic heterocycles. The van der Waals surface area contributed by atoms with Gasteiger partial charge in [0.2, 0.25) is 0 Å². The van der Waals surface area contributed by atoms with Crippen LogP contribution in [0.2, 0.25) is 0 Å². The topological polar surface area (TPSA) is 66.4 Å². The summed E-state index contributed by atoms with van der Waals surface area (Å²) in [7, 11) is 0. The maximum absolute atomic E-state index is 14.3. The van der Waals surface area contributed by atoms with E-state index in [1.807, 2.05) is 0 Å². The molecule has 2 N–H and O–H groups in total. The standard InChI is InChI=1S/C20H13F4NO3S/c1-9-2-4-11(18(24)17(9)23)12-8-29-19(16(12)20(27)28)25-7-15(26)10-3-5-13(21)14(22)6-10/h2-6,8,25H,7H2,1H3,(H,27,28). The Kier molecular flexibility index (Phi) is 5.69. The molecule has 29 heavy (non-hydrogen) atoms. The highest BCUT2D eigenvalue weighted by Crippen LogP contribution is 2.37. The van der Waals surface area contributed by atoms with Crippen LogP contribution in [0.5, 0.6) is 0 Å². The monoisotopic (exact) mass is 423 g/mol. The van der Waals surface area contributed by atoms with Crippen LogP contribution in [0.1, 0.15) is 26.3 Å². The lowest BCUT2D eigenvalue weighted by Gasteiger charge is -2.08. The van der Waals surface area contributed by atoms with Crippen molar-refractivity contribution < 1.29 is 32.3 Å². The molecule has 0 atom stereocenters. The van der Waals surface area contributed by atoms with Crippen molar-refractivity contribution in [1.82, 2.24) is 0 Å². The summed E-state index contributed by atoms with van der Waals surface area (Å²) in [4.78, 5) is 23.9. The molecule has 4 nitrogen and oxygen atoms in total. The molecule has 3 aromatic rings. The number of anilines is 1. The maximum Gasteiger partial charge on any atom is 0.339 e. The summed E-state index contributed by atoms with van der Waals surface area (Å²) in [5, 5.41) is 13.5. The molecule has 1 heterocycles. The molecule has 0 spiro atoms. The third kappa shape index (κ3) is 4.00. The van der Waals surface area contributed by atoms with Crippen molar-refractivity contribution in [2.45, 2.75) is 6.92 Å². The fraction of sp³-hybridized carbons (Fsp3) is 0.100. The first-order valence-electron chi connectivity index (χ1n) is 8.22. The number of carboxylic acids is 1. The smallest absolute Gasteiger partial charge is 0.339 e. The van der Waals surface area contributed by atoms with E-state index in [0.29, 0.717) is 0 Å². The minimum atomic E-state index is -1.40. The lowest BCUT2D eigenvalue weighted by molar-refractivity contribution is 0.0698. The highest BCUT2D eigenvalue weighted by Gasteiger charge is 2.24. The third-order valence-electron chi connectivity index (χ3n) is 4.22. The Labute approximate surface area is 166 Å². The number of aromatic carboxylic acids is 1. The van der Waals surface area contributed by atoms with Gasteiger partial charge in [-0.05, 0) is 30.7 Å². The molecule has 0 amide bonds. The number of carboxylic acid groups (broad SMARTS) is 1. The molecule has 0 bridgehead atoms. The number of thiophene rings is 1. The van der Waals surface area contributed by atoms with Crippen LogP contribution in [0, 0.1) is 30.2 Å². The van der Waals surface area contributed by atoms with Crippen LogP contribution in [-0.2, 0) is 0 Å². The van der Waals surface area contributed by atoms with Crippen LogP contribution in [0.25, 0.3) is 11.1 Å². The van der Waals surface area contributed by atoms with Gasteiger partial charge in [0.25, 0.3) is 0 Å². The van der Waals surface area contributed by atoms with Gasteiger partial charge in [-0.1, -0.05) is 12.1 Å². The Morgan fingerprint density at radius 3 is 2.38 bits per heavy atom. The summed E-state index contributed by atoms with van der Waals surface area (Å²) >= 11 is 0.894. The average molecular weight is 423 g/mol. The molecule has 150 valence electrons. The number of hydrogen-bond acceptors (Lipinski definition) is 4. The van der Waals surface area contributed by atoms with Gasteiger partial charge in [-0.2, -0.15) is 0 Å². The lowest BCUT2D eigenvalue weighted by Crippen LogP contribution is -2.15. The summed E-state index contributed by atoms with van der Waals surface area (Å²) in [6.45, 7) is 0.973. The Morgan fingerprint density at radius 1 is 1.00 bits per heavy atom. The van der Waals surface area contributed by atoms with Crippen LogP contribution in [0.3, 0.4) is 0 Å². The van der Waals surface area contributed by atoms with E-state index in [9.17, 15) is 32.3 Å². The first-order chi connectivity index (χ1) is 13.7. The first kappa shape index (κ1) is 20.5. The normalized spacial score (nSPS) is 10.8. The number of rotatable bonds is 6. The van der Waals surface area contributed by atoms with Crippen molar-refractivity contribution >= 4 is 28.1 Å². The van der Waals surface area contributed by atoms with Crippen molar-refractivity contribution in [3.63, 3.8) is 0 Å². The van der Waals surface area contributed by atoms with E-state index in [-0.39, 0.29) is 32.8 Å².